The summed E-state index contributed by atoms with van der Waals surface area (Å²) in [6.07, 6.45) is 3.36. The molecule has 110 valence electrons. The number of epoxide rings is 1. The van der Waals surface area contributed by atoms with Gasteiger partial charge in [0.25, 0.3) is 0 Å². The lowest BCUT2D eigenvalue weighted by Crippen LogP contribution is -2.25. The fraction of sp³-hybridized carbons (Fsp3) is 0.923. The fourth-order valence-corrected chi connectivity index (χ4v) is 2.32. The van der Waals surface area contributed by atoms with Crippen LogP contribution in [0.1, 0.15) is 19.3 Å². The molecule has 2 aliphatic rings. The molecule has 19 heavy (non-hydrogen) atoms. The van der Waals surface area contributed by atoms with E-state index in [9.17, 15) is 4.79 Å². The summed E-state index contributed by atoms with van der Waals surface area (Å²) in [5.74, 6) is -0.134. The number of rotatable bonds is 9. The number of ether oxygens (including phenoxy) is 4. The van der Waals surface area contributed by atoms with E-state index in [1.54, 1.807) is 0 Å². The molecule has 1 saturated carbocycles. The van der Waals surface area contributed by atoms with Crippen LogP contribution in [0.2, 0.25) is 0 Å². The molecule has 3 atom stereocenters. The van der Waals surface area contributed by atoms with Gasteiger partial charge in [0.2, 0.25) is 0 Å². The zero-order chi connectivity index (χ0) is 13.5. The monoisotopic (exact) mass is 274 g/mol. The van der Waals surface area contributed by atoms with E-state index in [4.69, 9.17) is 24.1 Å². The van der Waals surface area contributed by atoms with Crippen LogP contribution in [-0.4, -0.2) is 62.9 Å². The molecule has 1 aliphatic carbocycles. The zero-order valence-electron chi connectivity index (χ0n) is 11.1. The first-order valence-electron chi connectivity index (χ1n) is 6.89. The predicted molar refractivity (Wildman–Crippen MR) is 65.7 cm³/mol. The number of carbonyl (C=O) groups excluding carboxylic acids is 1. The smallest absolute Gasteiger partial charge is 0.309 e. The molecule has 0 spiro atoms. The van der Waals surface area contributed by atoms with Crippen molar-refractivity contribution in [1.29, 1.82) is 0 Å². The van der Waals surface area contributed by atoms with Gasteiger partial charge >= 0.3 is 5.97 Å². The van der Waals surface area contributed by atoms with E-state index in [1.165, 1.54) is 0 Å². The predicted octanol–water partition coefficient (Wildman–Crippen LogP) is 0.123. The Kier molecular flexibility index (Phi) is 6.03. The third-order valence-corrected chi connectivity index (χ3v) is 3.42. The molecule has 1 saturated heterocycles. The minimum atomic E-state index is -0.130. The Morgan fingerprint density at radius 1 is 1.05 bits per heavy atom. The Labute approximate surface area is 113 Å². The number of aliphatic hydroxyl groups excluding tert-OH is 1. The van der Waals surface area contributed by atoms with Crippen LogP contribution >= 0.6 is 0 Å². The summed E-state index contributed by atoms with van der Waals surface area (Å²) < 4.78 is 20.8. The minimum absolute atomic E-state index is 0.00311. The average molecular weight is 274 g/mol. The molecule has 0 aromatic rings. The highest BCUT2D eigenvalue weighted by atomic mass is 16.6. The topological polar surface area (TPSA) is 77.5 Å². The molecule has 6 heteroatoms. The molecular formula is C13H22O6. The highest BCUT2D eigenvalue weighted by Gasteiger charge is 2.46. The largest absolute Gasteiger partial charge is 0.463 e. The maximum atomic E-state index is 11.8. The first-order chi connectivity index (χ1) is 9.31. The lowest BCUT2D eigenvalue weighted by Gasteiger charge is -2.17. The Morgan fingerprint density at radius 2 is 1.79 bits per heavy atom. The van der Waals surface area contributed by atoms with Gasteiger partial charge < -0.3 is 24.1 Å². The summed E-state index contributed by atoms with van der Waals surface area (Å²) in [4.78, 5) is 11.8. The number of fused-ring (bicyclic) bond motifs is 1. The number of esters is 1. The van der Waals surface area contributed by atoms with Gasteiger partial charge in [-0.15, -0.1) is 0 Å². The molecular weight excluding hydrogens is 252 g/mol. The van der Waals surface area contributed by atoms with Crippen molar-refractivity contribution in [3.05, 3.63) is 0 Å². The third-order valence-electron chi connectivity index (χ3n) is 3.42. The second-order valence-electron chi connectivity index (χ2n) is 4.84. The summed E-state index contributed by atoms with van der Waals surface area (Å²) in [5.41, 5.74) is 0. The molecule has 1 aliphatic heterocycles. The summed E-state index contributed by atoms with van der Waals surface area (Å²) in [5, 5.41) is 8.48. The van der Waals surface area contributed by atoms with Crippen molar-refractivity contribution in [3.63, 3.8) is 0 Å². The highest BCUT2D eigenvalue weighted by Crippen LogP contribution is 2.39. The van der Waals surface area contributed by atoms with Crippen LogP contribution < -0.4 is 0 Å². The summed E-state index contributed by atoms with van der Waals surface area (Å²) in [6.45, 7) is 1.89. The molecule has 1 N–H and O–H groups in total. The number of hydrogen-bond donors (Lipinski definition) is 1. The quantitative estimate of drug-likeness (QED) is 0.366. The summed E-state index contributed by atoms with van der Waals surface area (Å²) in [7, 11) is 0. The molecule has 0 aromatic carbocycles. The lowest BCUT2D eigenvalue weighted by molar-refractivity contribution is -0.151. The van der Waals surface area contributed by atoms with Gasteiger partial charge in [-0.2, -0.15) is 0 Å². The molecule has 2 rings (SSSR count). The van der Waals surface area contributed by atoms with E-state index >= 15 is 0 Å². The Morgan fingerprint density at radius 3 is 2.53 bits per heavy atom. The number of aliphatic hydroxyl groups is 1. The number of hydrogen-bond acceptors (Lipinski definition) is 6. The zero-order valence-corrected chi connectivity index (χ0v) is 11.1. The molecule has 0 bridgehead atoms. The van der Waals surface area contributed by atoms with E-state index in [2.05, 4.69) is 0 Å². The van der Waals surface area contributed by atoms with E-state index < -0.39 is 0 Å². The maximum absolute atomic E-state index is 11.8. The Balaban J connectivity index is 1.43. The fourth-order valence-electron chi connectivity index (χ4n) is 2.32. The minimum Gasteiger partial charge on any atom is -0.463 e. The van der Waals surface area contributed by atoms with Gasteiger partial charge in [-0.25, -0.2) is 0 Å². The van der Waals surface area contributed by atoms with Gasteiger partial charge in [-0.05, 0) is 19.3 Å². The van der Waals surface area contributed by atoms with Crippen LogP contribution in [-0.2, 0) is 23.7 Å². The first kappa shape index (κ1) is 14.7. The third kappa shape index (κ3) is 5.06. The van der Waals surface area contributed by atoms with Gasteiger partial charge in [0.1, 0.15) is 6.61 Å². The van der Waals surface area contributed by atoms with Crippen molar-refractivity contribution in [2.45, 2.75) is 31.5 Å². The van der Waals surface area contributed by atoms with Gasteiger partial charge in [-0.3, -0.25) is 4.79 Å². The lowest BCUT2D eigenvalue weighted by atomic mass is 9.89. The molecule has 3 unspecified atom stereocenters. The van der Waals surface area contributed by atoms with Crippen LogP contribution in [0.5, 0.6) is 0 Å². The molecule has 0 aromatic heterocycles. The van der Waals surface area contributed by atoms with E-state index in [0.717, 1.165) is 19.3 Å². The van der Waals surface area contributed by atoms with Crippen molar-refractivity contribution in [1.82, 2.24) is 0 Å². The standard InChI is InChI=1S/C13H22O6/c14-3-4-16-5-6-17-7-8-18-13(15)10-1-2-11-12(9-10)19-11/h10-12,14H,1-9H2. The maximum Gasteiger partial charge on any atom is 0.309 e. The first-order valence-corrected chi connectivity index (χ1v) is 6.89. The van der Waals surface area contributed by atoms with Crippen molar-refractivity contribution in [2.24, 2.45) is 5.92 Å². The molecule has 0 radical (unpaired) electrons. The molecule has 6 nitrogen and oxygen atoms in total. The van der Waals surface area contributed by atoms with Crippen molar-refractivity contribution in [2.75, 3.05) is 39.6 Å². The molecule has 1 heterocycles. The van der Waals surface area contributed by atoms with Gasteiger partial charge in [0.15, 0.2) is 0 Å². The highest BCUT2D eigenvalue weighted by molar-refractivity contribution is 5.72. The van der Waals surface area contributed by atoms with Crippen LogP contribution in [0.4, 0.5) is 0 Å². The average Bonchev–Trinajstić information content (AvgIpc) is 3.19. The van der Waals surface area contributed by atoms with Crippen LogP contribution in [0.3, 0.4) is 0 Å². The van der Waals surface area contributed by atoms with Crippen LogP contribution in [0.15, 0.2) is 0 Å². The second kappa shape index (κ2) is 7.79. The van der Waals surface area contributed by atoms with Crippen molar-refractivity contribution < 1.29 is 28.8 Å². The normalized spacial score (nSPS) is 28.8. The van der Waals surface area contributed by atoms with Crippen LogP contribution in [0, 0.1) is 5.92 Å². The van der Waals surface area contributed by atoms with Crippen molar-refractivity contribution >= 4 is 5.97 Å². The van der Waals surface area contributed by atoms with E-state index in [0.29, 0.717) is 38.6 Å². The van der Waals surface area contributed by atoms with Gasteiger partial charge in [0.05, 0.1) is 51.2 Å². The molecule has 0 amide bonds. The second-order valence-corrected chi connectivity index (χ2v) is 4.84. The summed E-state index contributed by atoms with van der Waals surface area (Å²) in [6, 6.07) is 0. The summed E-state index contributed by atoms with van der Waals surface area (Å²) >= 11 is 0. The van der Waals surface area contributed by atoms with E-state index in [1.807, 2.05) is 0 Å². The Hall–Kier alpha value is -0.690. The van der Waals surface area contributed by atoms with E-state index in [-0.39, 0.29) is 25.1 Å². The van der Waals surface area contributed by atoms with Crippen LogP contribution in [0.25, 0.3) is 0 Å². The van der Waals surface area contributed by atoms with Crippen molar-refractivity contribution in [3.8, 4) is 0 Å². The number of carbonyl (C=O) groups is 1. The SMILES string of the molecule is O=C(OCCOCCOCCO)C1CCC2OC2C1. The molecule has 2 fully saturated rings. The Bertz CT molecular complexity index is 282. The van der Waals surface area contributed by atoms with Gasteiger partial charge in [0, 0.05) is 0 Å². The van der Waals surface area contributed by atoms with Gasteiger partial charge in [-0.1, -0.05) is 0 Å².